The monoisotopic (exact) mass is 313 g/mol. The van der Waals surface area contributed by atoms with Crippen LogP contribution in [0.15, 0.2) is 18.2 Å². The molecule has 1 nitrogen and oxygen atoms in total. The van der Waals surface area contributed by atoms with Gasteiger partial charge in [-0.15, -0.1) is 0 Å². The predicted octanol–water partition coefficient (Wildman–Crippen LogP) is 6.34. The minimum Gasteiger partial charge on any atom is -0.365 e. The lowest BCUT2D eigenvalue weighted by Crippen LogP contribution is -2.64. The fraction of sp³-hybridized carbons (Fsp3) is 0.727. The van der Waals surface area contributed by atoms with E-state index in [9.17, 15) is 0 Å². The highest BCUT2D eigenvalue weighted by molar-refractivity contribution is 5.64. The van der Waals surface area contributed by atoms with E-state index in [0.29, 0.717) is 22.8 Å². The van der Waals surface area contributed by atoms with E-state index in [-0.39, 0.29) is 0 Å². The zero-order valence-electron chi connectivity index (χ0n) is 16.2. The Hall–Kier alpha value is -0.980. The van der Waals surface area contributed by atoms with Gasteiger partial charge in [-0.3, -0.25) is 0 Å². The molecule has 4 rings (SSSR count). The van der Waals surface area contributed by atoms with Gasteiger partial charge in [-0.1, -0.05) is 59.7 Å². The average molecular weight is 314 g/mol. The van der Waals surface area contributed by atoms with E-state index in [1.54, 1.807) is 16.8 Å². The van der Waals surface area contributed by atoms with Gasteiger partial charge < -0.3 is 4.90 Å². The van der Waals surface area contributed by atoms with E-state index in [1.807, 2.05) is 0 Å². The van der Waals surface area contributed by atoms with E-state index in [0.717, 1.165) is 5.92 Å². The Morgan fingerprint density at radius 1 is 1.00 bits per heavy atom. The third kappa shape index (κ3) is 2.61. The molecule has 2 unspecified atom stereocenters. The number of para-hydroxylation sites is 1. The molecule has 1 heteroatoms. The normalized spacial score (nSPS) is 33.8. The molecule has 1 aliphatic carbocycles. The van der Waals surface area contributed by atoms with Gasteiger partial charge in [0.05, 0.1) is 0 Å². The topological polar surface area (TPSA) is 3.24 Å². The SMILES string of the molecule is CC(C)c1cccc(C(C)C)c1N1CC2(C)CCC1(C)C[C@@H]2C. The van der Waals surface area contributed by atoms with Crippen LogP contribution < -0.4 is 4.90 Å². The van der Waals surface area contributed by atoms with Gasteiger partial charge in [-0.25, -0.2) is 0 Å². The first-order valence-corrected chi connectivity index (χ1v) is 9.58. The first-order valence-electron chi connectivity index (χ1n) is 9.58. The highest BCUT2D eigenvalue weighted by Gasteiger charge is 2.53. The number of anilines is 1. The van der Waals surface area contributed by atoms with E-state index in [1.165, 1.54) is 25.8 Å². The van der Waals surface area contributed by atoms with Crippen molar-refractivity contribution in [2.45, 2.75) is 85.1 Å². The quantitative estimate of drug-likeness (QED) is 0.629. The fourth-order valence-electron chi connectivity index (χ4n) is 5.01. The van der Waals surface area contributed by atoms with Crippen LogP contribution in [0.25, 0.3) is 0 Å². The third-order valence-corrected chi connectivity index (χ3v) is 6.95. The number of rotatable bonds is 3. The minimum absolute atomic E-state index is 0.339. The van der Waals surface area contributed by atoms with Crippen molar-refractivity contribution in [2.24, 2.45) is 11.3 Å². The second kappa shape index (κ2) is 5.53. The summed E-state index contributed by atoms with van der Waals surface area (Å²) in [5.74, 6) is 2.00. The van der Waals surface area contributed by atoms with Crippen molar-refractivity contribution >= 4 is 5.69 Å². The Labute approximate surface area is 143 Å². The maximum atomic E-state index is 2.82. The van der Waals surface area contributed by atoms with Crippen LogP contribution in [0.4, 0.5) is 5.69 Å². The Kier molecular flexibility index (Phi) is 4.06. The zero-order valence-corrected chi connectivity index (χ0v) is 16.2. The molecule has 1 aromatic rings. The van der Waals surface area contributed by atoms with Crippen molar-refractivity contribution in [2.75, 3.05) is 11.4 Å². The number of benzene rings is 1. The van der Waals surface area contributed by atoms with Crippen LogP contribution in [0.2, 0.25) is 0 Å². The summed E-state index contributed by atoms with van der Waals surface area (Å²) in [4.78, 5) is 2.82. The summed E-state index contributed by atoms with van der Waals surface area (Å²) < 4.78 is 0. The fourth-order valence-corrected chi connectivity index (χ4v) is 5.01. The highest BCUT2D eigenvalue weighted by Crippen LogP contribution is 2.56. The van der Waals surface area contributed by atoms with E-state index < -0.39 is 0 Å². The van der Waals surface area contributed by atoms with Crippen molar-refractivity contribution in [3.63, 3.8) is 0 Å². The summed E-state index contributed by atoms with van der Waals surface area (Å²) in [6, 6.07) is 7.00. The van der Waals surface area contributed by atoms with Crippen LogP contribution in [0, 0.1) is 11.3 Å². The van der Waals surface area contributed by atoms with Crippen molar-refractivity contribution in [3.05, 3.63) is 29.3 Å². The molecule has 2 bridgehead atoms. The molecule has 3 atom stereocenters. The van der Waals surface area contributed by atoms with E-state index >= 15 is 0 Å². The Morgan fingerprint density at radius 2 is 1.57 bits per heavy atom. The standard InChI is InChI=1S/C22H35N/c1-15(2)18-9-8-10-19(16(3)4)20(18)23-14-21(6)11-12-22(23,7)13-17(21)5/h8-10,15-17H,11-14H2,1-7H3/t17-,21?,22?/m0/s1. The summed E-state index contributed by atoms with van der Waals surface area (Å²) in [7, 11) is 0. The van der Waals surface area contributed by atoms with Gasteiger partial charge in [0.15, 0.2) is 0 Å². The molecule has 0 N–H and O–H groups in total. The molecule has 128 valence electrons. The molecule has 2 aliphatic heterocycles. The minimum atomic E-state index is 0.339. The van der Waals surface area contributed by atoms with Crippen LogP contribution in [0.5, 0.6) is 0 Å². The van der Waals surface area contributed by atoms with Gasteiger partial charge >= 0.3 is 0 Å². The Bertz CT molecular complexity index is 561. The zero-order chi connectivity index (χ0) is 17.0. The van der Waals surface area contributed by atoms with Crippen molar-refractivity contribution in [1.82, 2.24) is 0 Å². The summed E-state index contributed by atoms with van der Waals surface area (Å²) in [6.45, 7) is 18.1. The number of hydrogen-bond donors (Lipinski definition) is 0. The van der Waals surface area contributed by atoms with Gasteiger partial charge in [-0.2, -0.15) is 0 Å². The lowest BCUT2D eigenvalue weighted by Gasteiger charge is -2.62. The molecule has 23 heavy (non-hydrogen) atoms. The summed E-state index contributed by atoms with van der Waals surface area (Å²) in [5.41, 5.74) is 5.47. The van der Waals surface area contributed by atoms with Crippen LogP contribution in [0.1, 0.15) is 90.7 Å². The Balaban J connectivity index is 2.15. The molecule has 3 fully saturated rings. The molecule has 0 radical (unpaired) electrons. The Morgan fingerprint density at radius 3 is 2.04 bits per heavy atom. The van der Waals surface area contributed by atoms with Crippen LogP contribution >= 0.6 is 0 Å². The molecule has 1 saturated carbocycles. The summed E-state index contributed by atoms with van der Waals surface area (Å²) >= 11 is 0. The predicted molar refractivity (Wildman–Crippen MR) is 101 cm³/mol. The van der Waals surface area contributed by atoms with Crippen LogP contribution in [0.3, 0.4) is 0 Å². The largest absolute Gasteiger partial charge is 0.365 e. The molecule has 0 aromatic heterocycles. The second-order valence-corrected chi connectivity index (χ2v) is 9.44. The molecular formula is C22H35N. The summed E-state index contributed by atoms with van der Waals surface area (Å²) in [5, 5.41) is 0. The molecule has 2 saturated heterocycles. The molecule has 1 aromatic carbocycles. The number of hydrogen-bond acceptors (Lipinski definition) is 1. The lowest BCUT2D eigenvalue weighted by atomic mass is 9.57. The second-order valence-electron chi connectivity index (χ2n) is 9.44. The van der Waals surface area contributed by atoms with Gasteiger partial charge in [0.2, 0.25) is 0 Å². The first kappa shape index (κ1) is 16.9. The molecule has 0 spiro atoms. The molecular weight excluding hydrogens is 278 g/mol. The molecule has 2 heterocycles. The van der Waals surface area contributed by atoms with Crippen LogP contribution in [-0.2, 0) is 0 Å². The highest BCUT2D eigenvalue weighted by atomic mass is 15.2. The van der Waals surface area contributed by atoms with E-state index in [4.69, 9.17) is 0 Å². The first-order chi connectivity index (χ1) is 10.7. The van der Waals surface area contributed by atoms with Crippen LogP contribution in [-0.4, -0.2) is 12.1 Å². The lowest BCUT2D eigenvalue weighted by molar-refractivity contribution is 0.0311. The maximum absolute atomic E-state index is 2.82. The van der Waals surface area contributed by atoms with Gasteiger partial charge in [-0.05, 0) is 60.5 Å². The summed E-state index contributed by atoms with van der Waals surface area (Å²) in [6.07, 6.45) is 4.08. The number of piperidine rings is 2. The van der Waals surface area contributed by atoms with E-state index in [2.05, 4.69) is 71.6 Å². The maximum Gasteiger partial charge on any atom is 0.0441 e. The number of fused-ring (bicyclic) bond motifs is 3. The average Bonchev–Trinajstić information content (AvgIpc) is 2.48. The smallest absolute Gasteiger partial charge is 0.0441 e. The van der Waals surface area contributed by atoms with Gasteiger partial charge in [0.1, 0.15) is 0 Å². The molecule has 3 aliphatic rings. The molecule has 0 amide bonds. The third-order valence-electron chi connectivity index (χ3n) is 6.95. The van der Waals surface area contributed by atoms with Crippen molar-refractivity contribution < 1.29 is 0 Å². The van der Waals surface area contributed by atoms with Gasteiger partial charge in [0, 0.05) is 17.8 Å². The number of nitrogens with zero attached hydrogens (tertiary/aromatic N) is 1. The van der Waals surface area contributed by atoms with Crippen molar-refractivity contribution in [3.8, 4) is 0 Å². The van der Waals surface area contributed by atoms with Gasteiger partial charge in [0.25, 0.3) is 0 Å². The van der Waals surface area contributed by atoms with Crippen molar-refractivity contribution in [1.29, 1.82) is 0 Å².